The van der Waals surface area contributed by atoms with Gasteiger partial charge in [0.25, 0.3) is 0 Å². The third kappa shape index (κ3) is 3.05. The average Bonchev–Trinajstić information content (AvgIpc) is 2.27. The highest BCUT2D eigenvalue weighted by atomic mass is 16.4. The van der Waals surface area contributed by atoms with E-state index in [0.717, 1.165) is 0 Å². The first-order chi connectivity index (χ1) is 7.65. The van der Waals surface area contributed by atoms with Gasteiger partial charge in [-0.05, 0) is 5.56 Å². The van der Waals surface area contributed by atoms with Crippen LogP contribution in [0.3, 0.4) is 0 Å². The second kappa shape index (κ2) is 5.44. The molecule has 0 bridgehead atoms. The van der Waals surface area contributed by atoms with Crippen molar-refractivity contribution in [2.75, 3.05) is 0 Å². The highest BCUT2D eigenvalue weighted by Gasteiger charge is 2.21. The number of aliphatic carboxylic acids is 1. The molecule has 0 heterocycles. The number of nitroso groups, excluding NO2 is 1. The molecule has 16 heavy (non-hydrogen) atoms. The molecule has 0 spiro atoms. The van der Waals surface area contributed by atoms with E-state index in [4.69, 9.17) is 5.11 Å². The van der Waals surface area contributed by atoms with Crippen molar-refractivity contribution in [3.05, 3.63) is 40.8 Å². The number of carbonyl (C=O) groups excluding carboxylic acids is 1. The molecule has 1 aromatic rings. The maximum Gasteiger partial charge on any atom is 0.338 e. The molecule has 0 fully saturated rings. The van der Waals surface area contributed by atoms with E-state index in [1.165, 1.54) is 0 Å². The molecule has 3 N–H and O–H groups in total. The SMILES string of the molecule is O=NNC(=O)N[C@@H](C(=O)O)c1ccccc1. The lowest BCUT2D eigenvalue weighted by molar-refractivity contribution is -0.139. The molecule has 84 valence electrons. The largest absolute Gasteiger partial charge is 0.479 e. The number of nitrogens with one attached hydrogen (secondary N) is 2. The van der Waals surface area contributed by atoms with Crippen molar-refractivity contribution in [3.63, 3.8) is 0 Å². The van der Waals surface area contributed by atoms with Crippen LogP contribution in [-0.4, -0.2) is 17.1 Å². The number of carboxylic acid groups (broad SMARTS) is 1. The second-order valence-electron chi connectivity index (χ2n) is 2.86. The van der Waals surface area contributed by atoms with E-state index in [9.17, 15) is 14.5 Å². The van der Waals surface area contributed by atoms with Crippen LogP contribution in [-0.2, 0) is 4.79 Å². The van der Waals surface area contributed by atoms with Gasteiger partial charge in [-0.1, -0.05) is 30.3 Å². The van der Waals surface area contributed by atoms with E-state index in [1.807, 2.05) is 0 Å². The van der Waals surface area contributed by atoms with Crippen LogP contribution in [0.1, 0.15) is 11.6 Å². The highest BCUT2D eigenvalue weighted by molar-refractivity contribution is 5.83. The zero-order chi connectivity index (χ0) is 12.0. The maximum absolute atomic E-state index is 11.0. The summed E-state index contributed by atoms with van der Waals surface area (Å²) < 4.78 is 0. The predicted molar refractivity (Wildman–Crippen MR) is 54.3 cm³/mol. The fourth-order valence-electron chi connectivity index (χ4n) is 1.14. The first-order valence-corrected chi connectivity index (χ1v) is 4.31. The van der Waals surface area contributed by atoms with E-state index >= 15 is 0 Å². The Bertz CT molecular complexity index is 393. The van der Waals surface area contributed by atoms with Crippen molar-refractivity contribution in [1.82, 2.24) is 10.7 Å². The Labute approximate surface area is 90.4 Å². The van der Waals surface area contributed by atoms with Crippen LogP contribution >= 0.6 is 0 Å². The standard InChI is InChI=1S/C9H9N3O4/c13-8(14)7(10-9(15)11-12-16)6-4-2-1-3-5-6/h1-5,7H,(H,13,14)(H2,10,11,15,16)/t7-/m1/s1. The Morgan fingerprint density at radius 3 is 2.38 bits per heavy atom. The summed E-state index contributed by atoms with van der Waals surface area (Å²) in [5.74, 6) is -1.23. The normalized spacial score (nSPS) is 11.2. The summed E-state index contributed by atoms with van der Waals surface area (Å²) in [6.07, 6.45) is 0. The number of hydrogen-bond donors (Lipinski definition) is 3. The van der Waals surface area contributed by atoms with Crippen molar-refractivity contribution >= 4 is 12.0 Å². The number of carbonyl (C=O) groups is 2. The summed E-state index contributed by atoms with van der Waals surface area (Å²) in [4.78, 5) is 31.6. The van der Waals surface area contributed by atoms with Crippen LogP contribution in [0, 0.1) is 4.91 Å². The number of rotatable bonds is 4. The molecule has 0 aromatic heterocycles. The van der Waals surface area contributed by atoms with Crippen LogP contribution in [0.25, 0.3) is 0 Å². The molecule has 0 saturated carbocycles. The fraction of sp³-hybridized carbons (Fsp3) is 0.111. The van der Waals surface area contributed by atoms with E-state index in [1.54, 1.807) is 35.8 Å². The van der Waals surface area contributed by atoms with Gasteiger partial charge in [0.1, 0.15) is 0 Å². The number of benzene rings is 1. The Balaban J connectivity index is 2.80. The molecule has 1 rings (SSSR count). The predicted octanol–water partition coefficient (Wildman–Crippen LogP) is 0.793. The molecular weight excluding hydrogens is 214 g/mol. The molecule has 0 aliphatic heterocycles. The molecule has 7 nitrogen and oxygen atoms in total. The highest BCUT2D eigenvalue weighted by Crippen LogP contribution is 2.12. The molecule has 0 aliphatic rings. The topological polar surface area (TPSA) is 108 Å². The molecule has 0 saturated heterocycles. The van der Waals surface area contributed by atoms with Crippen LogP contribution in [0.2, 0.25) is 0 Å². The van der Waals surface area contributed by atoms with Crippen LogP contribution in [0.5, 0.6) is 0 Å². The van der Waals surface area contributed by atoms with E-state index < -0.39 is 18.0 Å². The van der Waals surface area contributed by atoms with Gasteiger partial charge in [0.15, 0.2) is 6.04 Å². The maximum atomic E-state index is 11.0. The quantitative estimate of drug-likeness (QED) is 0.518. The third-order valence-electron chi connectivity index (χ3n) is 1.80. The van der Waals surface area contributed by atoms with Gasteiger partial charge in [0.05, 0.1) is 5.29 Å². The van der Waals surface area contributed by atoms with Crippen LogP contribution < -0.4 is 10.7 Å². The number of carboxylic acids is 1. The summed E-state index contributed by atoms with van der Waals surface area (Å²) in [6, 6.07) is 5.91. The van der Waals surface area contributed by atoms with Gasteiger partial charge in [0.2, 0.25) is 0 Å². The number of nitrogens with zero attached hydrogens (tertiary/aromatic N) is 1. The molecule has 7 heteroatoms. The molecule has 0 radical (unpaired) electrons. The molecular formula is C9H9N3O4. The first-order valence-electron chi connectivity index (χ1n) is 4.31. The smallest absolute Gasteiger partial charge is 0.338 e. The summed E-state index contributed by atoms with van der Waals surface area (Å²) in [5, 5.41) is 13.1. The van der Waals surface area contributed by atoms with Gasteiger partial charge < -0.3 is 10.4 Å². The summed E-state index contributed by atoms with van der Waals surface area (Å²) in [7, 11) is 0. The van der Waals surface area contributed by atoms with Gasteiger partial charge in [0, 0.05) is 0 Å². The molecule has 0 unspecified atom stereocenters. The lowest BCUT2D eigenvalue weighted by atomic mass is 10.1. The van der Waals surface area contributed by atoms with Gasteiger partial charge in [-0.3, -0.25) is 0 Å². The minimum absolute atomic E-state index is 0.399. The van der Waals surface area contributed by atoms with Crippen molar-refractivity contribution in [1.29, 1.82) is 0 Å². The van der Waals surface area contributed by atoms with Crippen molar-refractivity contribution in [3.8, 4) is 0 Å². The lowest BCUT2D eigenvalue weighted by Gasteiger charge is -2.13. The third-order valence-corrected chi connectivity index (χ3v) is 1.80. The number of hydrogen-bond acceptors (Lipinski definition) is 4. The zero-order valence-electron chi connectivity index (χ0n) is 8.08. The Hall–Kier alpha value is -2.44. The molecule has 0 aliphatic carbocycles. The summed E-state index contributed by atoms with van der Waals surface area (Å²) in [6.45, 7) is 0. The van der Waals surface area contributed by atoms with Gasteiger partial charge in [-0.2, -0.15) is 5.43 Å². The lowest BCUT2D eigenvalue weighted by Crippen LogP contribution is -2.38. The van der Waals surface area contributed by atoms with Crippen molar-refractivity contribution < 1.29 is 14.7 Å². The van der Waals surface area contributed by atoms with Crippen LogP contribution in [0.15, 0.2) is 35.6 Å². The molecule has 2 amide bonds. The van der Waals surface area contributed by atoms with E-state index in [2.05, 4.69) is 10.6 Å². The van der Waals surface area contributed by atoms with Gasteiger partial charge in [-0.15, -0.1) is 4.91 Å². The average molecular weight is 223 g/mol. The monoisotopic (exact) mass is 223 g/mol. The second-order valence-corrected chi connectivity index (χ2v) is 2.86. The Morgan fingerprint density at radius 1 is 1.25 bits per heavy atom. The van der Waals surface area contributed by atoms with Crippen LogP contribution in [0.4, 0.5) is 4.79 Å². The van der Waals surface area contributed by atoms with Gasteiger partial charge in [-0.25, -0.2) is 9.59 Å². The molecule has 1 atom stereocenters. The van der Waals surface area contributed by atoms with Gasteiger partial charge >= 0.3 is 12.0 Å². The summed E-state index contributed by atoms with van der Waals surface area (Å²) in [5.41, 5.74) is 1.96. The minimum atomic E-state index is -1.23. The summed E-state index contributed by atoms with van der Waals surface area (Å²) >= 11 is 0. The first kappa shape index (κ1) is 11.6. The fourth-order valence-corrected chi connectivity index (χ4v) is 1.14. The molecule has 1 aromatic carbocycles. The minimum Gasteiger partial charge on any atom is -0.479 e. The number of amides is 2. The van der Waals surface area contributed by atoms with Crippen molar-refractivity contribution in [2.24, 2.45) is 5.29 Å². The Morgan fingerprint density at radius 2 is 1.88 bits per heavy atom. The Kier molecular flexibility index (Phi) is 3.96. The number of urea groups is 1. The zero-order valence-corrected chi connectivity index (χ0v) is 8.08. The van der Waals surface area contributed by atoms with Crippen molar-refractivity contribution in [2.45, 2.75) is 6.04 Å². The van der Waals surface area contributed by atoms with E-state index in [-0.39, 0.29) is 0 Å². The van der Waals surface area contributed by atoms with E-state index in [0.29, 0.717) is 5.56 Å².